The summed E-state index contributed by atoms with van der Waals surface area (Å²) in [5.41, 5.74) is 17.5. The van der Waals surface area contributed by atoms with Crippen LogP contribution in [0.25, 0.3) is 43.8 Å². The molecule has 4 heteroatoms. The molecular formula is C38H28N2O2. The first-order chi connectivity index (χ1) is 20.6. The number of benzene rings is 7. The summed E-state index contributed by atoms with van der Waals surface area (Å²) in [6.45, 7) is 0. The summed E-state index contributed by atoms with van der Waals surface area (Å²) in [7, 11) is 0. The third-order valence-corrected chi connectivity index (χ3v) is 7.45. The first-order valence-electron chi connectivity index (χ1n) is 13.8. The number of hydrogen-bond acceptors (Lipinski definition) is 4. The summed E-state index contributed by atoms with van der Waals surface area (Å²) in [6.07, 6.45) is 0. The van der Waals surface area contributed by atoms with Gasteiger partial charge in [-0.3, -0.25) is 0 Å². The first-order valence-corrected chi connectivity index (χ1v) is 13.8. The van der Waals surface area contributed by atoms with Crippen LogP contribution in [0.3, 0.4) is 0 Å². The van der Waals surface area contributed by atoms with E-state index >= 15 is 0 Å². The SMILES string of the molecule is Nc1ccc(Oc2ccc(-c3ccc4c(ccc5ccccc54)c3-c3cccc(Oc4ccc(N)cc4)c3)cc2)cc1. The predicted molar refractivity (Wildman–Crippen MR) is 174 cm³/mol. The molecule has 0 fully saturated rings. The molecule has 0 aliphatic rings. The highest BCUT2D eigenvalue weighted by Crippen LogP contribution is 2.42. The van der Waals surface area contributed by atoms with E-state index in [0.29, 0.717) is 11.4 Å². The first kappa shape index (κ1) is 25.2. The predicted octanol–water partition coefficient (Wildman–Crippen LogP) is 10.1. The fourth-order valence-corrected chi connectivity index (χ4v) is 5.40. The standard InChI is InChI=1S/C38H28N2O2/c39-28-11-17-31(18-12-28)41-30-15-8-26(9-16-30)35-22-23-36-34-7-2-1-4-25(34)10-21-37(36)38(35)27-5-3-6-33(24-27)42-32-19-13-29(40)14-20-32/h1-24H,39-40H2. The Morgan fingerprint density at radius 3 is 1.67 bits per heavy atom. The minimum Gasteiger partial charge on any atom is -0.457 e. The van der Waals surface area contributed by atoms with Crippen molar-refractivity contribution < 1.29 is 9.47 Å². The van der Waals surface area contributed by atoms with E-state index in [2.05, 4.69) is 72.8 Å². The van der Waals surface area contributed by atoms with Gasteiger partial charge in [0.15, 0.2) is 0 Å². The van der Waals surface area contributed by atoms with Gasteiger partial charge in [-0.25, -0.2) is 0 Å². The second-order valence-electron chi connectivity index (χ2n) is 10.3. The monoisotopic (exact) mass is 544 g/mol. The molecule has 7 aromatic rings. The Kier molecular flexibility index (Phi) is 6.42. The van der Waals surface area contributed by atoms with Gasteiger partial charge in [0.1, 0.15) is 23.0 Å². The highest BCUT2D eigenvalue weighted by molar-refractivity contribution is 6.15. The quantitative estimate of drug-likeness (QED) is 0.161. The molecule has 0 saturated carbocycles. The zero-order valence-corrected chi connectivity index (χ0v) is 22.8. The number of nitrogen functional groups attached to an aromatic ring is 2. The highest BCUT2D eigenvalue weighted by Gasteiger charge is 2.15. The molecule has 0 aromatic heterocycles. The van der Waals surface area contributed by atoms with E-state index in [1.54, 1.807) is 0 Å². The maximum atomic E-state index is 6.22. The minimum absolute atomic E-state index is 0.702. The van der Waals surface area contributed by atoms with Crippen LogP contribution in [-0.4, -0.2) is 0 Å². The Morgan fingerprint density at radius 1 is 0.381 bits per heavy atom. The lowest BCUT2D eigenvalue weighted by molar-refractivity contribution is 0.482. The van der Waals surface area contributed by atoms with Gasteiger partial charge in [0.2, 0.25) is 0 Å². The van der Waals surface area contributed by atoms with Crippen LogP contribution in [0, 0.1) is 0 Å². The number of fused-ring (bicyclic) bond motifs is 3. The van der Waals surface area contributed by atoms with Crippen molar-refractivity contribution >= 4 is 32.9 Å². The van der Waals surface area contributed by atoms with Crippen LogP contribution in [0.5, 0.6) is 23.0 Å². The van der Waals surface area contributed by atoms with Crippen molar-refractivity contribution in [1.82, 2.24) is 0 Å². The van der Waals surface area contributed by atoms with Crippen molar-refractivity contribution in [1.29, 1.82) is 0 Å². The third kappa shape index (κ3) is 4.98. The number of ether oxygens (including phenoxy) is 2. The normalized spacial score (nSPS) is 11.0. The molecule has 0 amide bonds. The number of nitrogens with two attached hydrogens (primary N) is 2. The Morgan fingerprint density at radius 2 is 0.976 bits per heavy atom. The fraction of sp³-hybridized carbons (Fsp3) is 0. The average Bonchev–Trinajstić information content (AvgIpc) is 3.03. The van der Waals surface area contributed by atoms with E-state index in [4.69, 9.17) is 20.9 Å². The van der Waals surface area contributed by atoms with Crippen LogP contribution in [0.1, 0.15) is 0 Å². The average molecular weight is 545 g/mol. The Balaban J connectivity index is 1.34. The van der Waals surface area contributed by atoms with E-state index < -0.39 is 0 Å². The van der Waals surface area contributed by atoms with Crippen molar-refractivity contribution in [3.05, 3.63) is 146 Å². The summed E-state index contributed by atoms with van der Waals surface area (Å²) < 4.78 is 12.3. The minimum atomic E-state index is 0.702. The van der Waals surface area contributed by atoms with Gasteiger partial charge in [-0.05, 0) is 117 Å². The molecule has 0 aliphatic carbocycles. The number of hydrogen-bond donors (Lipinski definition) is 2. The van der Waals surface area contributed by atoms with E-state index in [9.17, 15) is 0 Å². The van der Waals surface area contributed by atoms with Crippen molar-refractivity contribution in [2.45, 2.75) is 0 Å². The summed E-state index contributed by atoms with van der Waals surface area (Å²) >= 11 is 0. The molecule has 7 aromatic carbocycles. The van der Waals surface area contributed by atoms with Gasteiger partial charge in [0.05, 0.1) is 0 Å². The second-order valence-corrected chi connectivity index (χ2v) is 10.3. The van der Waals surface area contributed by atoms with Crippen LogP contribution >= 0.6 is 0 Å². The molecule has 0 radical (unpaired) electrons. The topological polar surface area (TPSA) is 70.5 Å². The second kappa shape index (κ2) is 10.7. The molecule has 0 bridgehead atoms. The van der Waals surface area contributed by atoms with E-state index in [0.717, 1.165) is 45.3 Å². The van der Waals surface area contributed by atoms with E-state index in [-0.39, 0.29) is 0 Å². The lowest BCUT2D eigenvalue weighted by Gasteiger charge is -2.17. The van der Waals surface area contributed by atoms with Crippen LogP contribution in [0.4, 0.5) is 11.4 Å². The summed E-state index contributed by atoms with van der Waals surface area (Å²) in [5.74, 6) is 3.00. The molecule has 0 aliphatic heterocycles. The Bertz CT molecular complexity index is 2030. The lowest BCUT2D eigenvalue weighted by atomic mass is 9.88. The van der Waals surface area contributed by atoms with Crippen molar-refractivity contribution in [2.75, 3.05) is 11.5 Å². The molecule has 202 valence electrons. The highest BCUT2D eigenvalue weighted by atomic mass is 16.5. The zero-order valence-electron chi connectivity index (χ0n) is 22.8. The zero-order chi connectivity index (χ0) is 28.5. The van der Waals surface area contributed by atoms with Crippen LogP contribution < -0.4 is 20.9 Å². The van der Waals surface area contributed by atoms with Gasteiger partial charge in [0, 0.05) is 11.4 Å². The fourth-order valence-electron chi connectivity index (χ4n) is 5.40. The van der Waals surface area contributed by atoms with Crippen LogP contribution in [0.2, 0.25) is 0 Å². The van der Waals surface area contributed by atoms with Crippen LogP contribution in [-0.2, 0) is 0 Å². The van der Waals surface area contributed by atoms with Gasteiger partial charge >= 0.3 is 0 Å². The third-order valence-electron chi connectivity index (χ3n) is 7.45. The number of anilines is 2. The van der Waals surface area contributed by atoms with Crippen molar-refractivity contribution in [2.24, 2.45) is 0 Å². The van der Waals surface area contributed by atoms with Crippen molar-refractivity contribution in [3.8, 4) is 45.3 Å². The molecule has 42 heavy (non-hydrogen) atoms. The van der Waals surface area contributed by atoms with Crippen molar-refractivity contribution in [3.63, 3.8) is 0 Å². The molecule has 7 rings (SSSR count). The largest absolute Gasteiger partial charge is 0.457 e. The number of rotatable bonds is 6. The maximum Gasteiger partial charge on any atom is 0.128 e. The lowest BCUT2D eigenvalue weighted by Crippen LogP contribution is -1.91. The van der Waals surface area contributed by atoms with Gasteiger partial charge in [-0.15, -0.1) is 0 Å². The van der Waals surface area contributed by atoms with Gasteiger partial charge in [-0.2, -0.15) is 0 Å². The smallest absolute Gasteiger partial charge is 0.128 e. The molecule has 4 N–H and O–H groups in total. The summed E-state index contributed by atoms with van der Waals surface area (Å²) in [5, 5.41) is 4.83. The molecule has 0 spiro atoms. The van der Waals surface area contributed by atoms with E-state index in [1.807, 2.05) is 72.8 Å². The van der Waals surface area contributed by atoms with Crippen LogP contribution in [0.15, 0.2) is 146 Å². The van der Waals surface area contributed by atoms with Gasteiger partial charge < -0.3 is 20.9 Å². The molecule has 0 saturated heterocycles. The van der Waals surface area contributed by atoms with E-state index in [1.165, 1.54) is 21.5 Å². The molecule has 0 heterocycles. The molecular weight excluding hydrogens is 516 g/mol. The maximum absolute atomic E-state index is 6.22. The van der Waals surface area contributed by atoms with Gasteiger partial charge in [0.25, 0.3) is 0 Å². The molecule has 0 unspecified atom stereocenters. The molecule has 4 nitrogen and oxygen atoms in total. The summed E-state index contributed by atoms with van der Waals surface area (Å²) in [6, 6.07) is 48.7. The van der Waals surface area contributed by atoms with Gasteiger partial charge in [-0.1, -0.05) is 72.8 Å². The molecule has 0 atom stereocenters. The Labute approximate surface area is 244 Å². The Hall–Kier alpha value is -5.74. The summed E-state index contributed by atoms with van der Waals surface area (Å²) in [4.78, 5) is 0.